The highest BCUT2D eigenvalue weighted by Crippen LogP contribution is 2.20. The largest absolute Gasteiger partial charge is 0.421 e. The van der Waals surface area contributed by atoms with Gasteiger partial charge in [0.2, 0.25) is 0 Å². The lowest BCUT2D eigenvalue weighted by Gasteiger charge is -2.04. The molecule has 0 fully saturated rings. The summed E-state index contributed by atoms with van der Waals surface area (Å²) in [5, 5.41) is 0. The van der Waals surface area contributed by atoms with E-state index in [9.17, 15) is 4.39 Å². The Bertz CT molecular complexity index is 490. The smallest absolute Gasteiger partial charge is 0.322 e. The van der Waals surface area contributed by atoms with Crippen molar-refractivity contribution in [2.45, 2.75) is 6.54 Å². The monoisotopic (exact) mass is 219 g/mol. The zero-order valence-corrected chi connectivity index (χ0v) is 8.43. The number of nitrogens with zero attached hydrogens (tertiary/aromatic N) is 2. The van der Waals surface area contributed by atoms with Crippen LogP contribution in [0.3, 0.4) is 0 Å². The zero-order chi connectivity index (χ0) is 11.4. The minimum absolute atomic E-state index is 0.0908. The van der Waals surface area contributed by atoms with Crippen LogP contribution >= 0.6 is 0 Å². The molecule has 0 atom stereocenters. The van der Waals surface area contributed by atoms with Crippen molar-refractivity contribution in [2.24, 2.45) is 5.73 Å². The SMILES string of the molecule is NCc1ccnc(Oc2ccccc2F)n1. The molecule has 16 heavy (non-hydrogen) atoms. The molecule has 0 bridgehead atoms. The van der Waals surface area contributed by atoms with Crippen molar-refractivity contribution < 1.29 is 9.13 Å². The maximum Gasteiger partial charge on any atom is 0.322 e. The summed E-state index contributed by atoms with van der Waals surface area (Å²) in [6, 6.07) is 7.84. The van der Waals surface area contributed by atoms with Gasteiger partial charge in [0.15, 0.2) is 11.6 Å². The number of halogens is 1. The van der Waals surface area contributed by atoms with Gasteiger partial charge in [-0.2, -0.15) is 4.98 Å². The van der Waals surface area contributed by atoms with Crippen LogP contribution in [0.1, 0.15) is 5.69 Å². The van der Waals surface area contributed by atoms with E-state index in [1.807, 2.05) is 0 Å². The average molecular weight is 219 g/mol. The van der Waals surface area contributed by atoms with Gasteiger partial charge in [-0.3, -0.25) is 0 Å². The molecule has 0 aliphatic rings. The average Bonchev–Trinajstić information content (AvgIpc) is 2.32. The molecule has 0 saturated heterocycles. The van der Waals surface area contributed by atoms with Gasteiger partial charge >= 0.3 is 6.01 Å². The highest BCUT2D eigenvalue weighted by molar-refractivity contribution is 5.26. The van der Waals surface area contributed by atoms with Gasteiger partial charge in [0.25, 0.3) is 0 Å². The fourth-order valence-electron chi connectivity index (χ4n) is 1.16. The van der Waals surface area contributed by atoms with Crippen LogP contribution in [0.5, 0.6) is 11.8 Å². The Labute approximate surface area is 91.9 Å². The third-order valence-electron chi connectivity index (χ3n) is 1.94. The minimum atomic E-state index is -0.454. The standard InChI is InChI=1S/C11H10FN3O/c12-9-3-1-2-4-10(9)16-11-14-6-5-8(7-13)15-11/h1-6H,7,13H2. The number of ether oxygens (including phenoxy) is 1. The van der Waals surface area contributed by atoms with Crippen LogP contribution in [-0.2, 0) is 6.54 Å². The van der Waals surface area contributed by atoms with Crippen molar-refractivity contribution in [1.29, 1.82) is 0 Å². The molecule has 1 aromatic carbocycles. The summed E-state index contributed by atoms with van der Waals surface area (Å²) in [5.41, 5.74) is 6.06. The van der Waals surface area contributed by atoms with Gasteiger partial charge in [-0.25, -0.2) is 9.37 Å². The molecule has 0 saturated carbocycles. The van der Waals surface area contributed by atoms with Gasteiger partial charge in [-0.1, -0.05) is 12.1 Å². The number of rotatable bonds is 3. The van der Waals surface area contributed by atoms with Crippen LogP contribution < -0.4 is 10.5 Å². The van der Waals surface area contributed by atoms with E-state index in [0.29, 0.717) is 5.69 Å². The number of nitrogens with two attached hydrogens (primary N) is 1. The molecule has 1 heterocycles. The Balaban J connectivity index is 2.24. The van der Waals surface area contributed by atoms with Gasteiger partial charge in [0.05, 0.1) is 5.69 Å². The summed E-state index contributed by atoms with van der Waals surface area (Å²) >= 11 is 0. The van der Waals surface area contributed by atoms with Crippen LogP contribution in [0.15, 0.2) is 36.5 Å². The normalized spacial score (nSPS) is 10.1. The highest BCUT2D eigenvalue weighted by atomic mass is 19.1. The Morgan fingerprint density at radius 1 is 1.25 bits per heavy atom. The molecule has 82 valence electrons. The Morgan fingerprint density at radius 2 is 2.06 bits per heavy atom. The van der Waals surface area contributed by atoms with E-state index in [4.69, 9.17) is 10.5 Å². The second-order valence-corrected chi connectivity index (χ2v) is 3.07. The second kappa shape index (κ2) is 4.67. The van der Waals surface area contributed by atoms with Crippen molar-refractivity contribution >= 4 is 0 Å². The number of benzene rings is 1. The number of hydrogen-bond acceptors (Lipinski definition) is 4. The number of aromatic nitrogens is 2. The first-order valence-corrected chi connectivity index (χ1v) is 4.74. The third kappa shape index (κ3) is 2.32. The van der Waals surface area contributed by atoms with E-state index >= 15 is 0 Å². The maximum absolute atomic E-state index is 13.3. The topological polar surface area (TPSA) is 61.0 Å². The fourth-order valence-corrected chi connectivity index (χ4v) is 1.16. The Kier molecular flexibility index (Phi) is 3.07. The van der Waals surface area contributed by atoms with Crippen molar-refractivity contribution in [3.63, 3.8) is 0 Å². The van der Waals surface area contributed by atoms with Crippen LogP contribution in [0, 0.1) is 5.82 Å². The van der Waals surface area contributed by atoms with Crippen molar-refractivity contribution in [2.75, 3.05) is 0 Å². The van der Waals surface area contributed by atoms with Crippen LogP contribution in [0.4, 0.5) is 4.39 Å². The van der Waals surface area contributed by atoms with E-state index in [1.165, 1.54) is 18.3 Å². The zero-order valence-electron chi connectivity index (χ0n) is 8.43. The summed E-state index contributed by atoms with van der Waals surface area (Å²) in [4.78, 5) is 7.87. The maximum atomic E-state index is 13.3. The molecule has 0 amide bonds. The summed E-state index contributed by atoms with van der Waals surface area (Å²) in [6.45, 7) is 0.288. The van der Waals surface area contributed by atoms with E-state index in [-0.39, 0.29) is 18.3 Å². The Hall–Kier alpha value is -2.01. The summed E-state index contributed by atoms with van der Waals surface area (Å²) < 4.78 is 18.5. The van der Waals surface area contributed by atoms with Gasteiger partial charge in [-0.05, 0) is 18.2 Å². The molecule has 2 rings (SSSR count). The van der Waals surface area contributed by atoms with E-state index in [1.54, 1.807) is 18.2 Å². The van der Waals surface area contributed by atoms with Gasteiger partial charge in [0.1, 0.15) is 0 Å². The Morgan fingerprint density at radius 3 is 2.81 bits per heavy atom. The molecule has 1 aromatic heterocycles. The quantitative estimate of drug-likeness (QED) is 0.855. The number of para-hydroxylation sites is 1. The summed E-state index contributed by atoms with van der Waals surface area (Å²) in [5.74, 6) is -0.360. The van der Waals surface area contributed by atoms with Gasteiger partial charge in [-0.15, -0.1) is 0 Å². The molecule has 0 aliphatic heterocycles. The van der Waals surface area contributed by atoms with Crippen LogP contribution in [-0.4, -0.2) is 9.97 Å². The predicted octanol–water partition coefficient (Wildman–Crippen LogP) is 1.87. The first-order valence-electron chi connectivity index (χ1n) is 4.74. The molecule has 5 heteroatoms. The molecular weight excluding hydrogens is 209 g/mol. The predicted molar refractivity (Wildman–Crippen MR) is 56.4 cm³/mol. The highest BCUT2D eigenvalue weighted by Gasteiger charge is 2.05. The fraction of sp³-hybridized carbons (Fsp3) is 0.0909. The van der Waals surface area contributed by atoms with Crippen LogP contribution in [0.25, 0.3) is 0 Å². The second-order valence-electron chi connectivity index (χ2n) is 3.07. The lowest BCUT2D eigenvalue weighted by molar-refractivity contribution is 0.409. The molecule has 2 N–H and O–H groups in total. The summed E-state index contributed by atoms with van der Waals surface area (Å²) in [6.07, 6.45) is 1.52. The lowest BCUT2D eigenvalue weighted by atomic mass is 10.3. The molecule has 4 nitrogen and oxygen atoms in total. The minimum Gasteiger partial charge on any atom is -0.421 e. The van der Waals surface area contributed by atoms with Gasteiger partial charge in [0, 0.05) is 12.7 Å². The van der Waals surface area contributed by atoms with Crippen molar-refractivity contribution in [1.82, 2.24) is 9.97 Å². The van der Waals surface area contributed by atoms with Gasteiger partial charge < -0.3 is 10.5 Å². The molecular formula is C11H10FN3O. The molecule has 0 radical (unpaired) electrons. The molecule has 2 aromatic rings. The van der Waals surface area contributed by atoms with Crippen molar-refractivity contribution in [3.05, 3.63) is 48.0 Å². The van der Waals surface area contributed by atoms with E-state index in [0.717, 1.165) is 0 Å². The first-order chi connectivity index (χ1) is 7.79. The molecule has 0 spiro atoms. The molecule has 0 aliphatic carbocycles. The van der Waals surface area contributed by atoms with E-state index in [2.05, 4.69) is 9.97 Å². The first kappa shape index (κ1) is 10.5. The molecule has 0 unspecified atom stereocenters. The number of hydrogen-bond donors (Lipinski definition) is 1. The third-order valence-corrected chi connectivity index (χ3v) is 1.94. The lowest BCUT2D eigenvalue weighted by Crippen LogP contribution is -2.02. The van der Waals surface area contributed by atoms with Crippen molar-refractivity contribution in [3.8, 4) is 11.8 Å². The van der Waals surface area contributed by atoms with E-state index < -0.39 is 5.82 Å². The summed E-state index contributed by atoms with van der Waals surface area (Å²) in [7, 11) is 0. The van der Waals surface area contributed by atoms with Crippen LogP contribution in [0.2, 0.25) is 0 Å².